The summed E-state index contributed by atoms with van der Waals surface area (Å²) in [6.45, 7) is 12.6. The predicted molar refractivity (Wildman–Crippen MR) is 104 cm³/mol. The van der Waals surface area contributed by atoms with E-state index in [0.717, 1.165) is 30.9 Å². The molecule has 0 unspecified atom stereocenters. The maximum absolute atomic E-state index is 4.30. The molecule has 0 aliphatic carbocycles. The first-order valence-corrected chi connectivity index (χ1v) is 8.32. The lowest BCUT2D eigenvalue weighted by molar-refractivity contribution is 0.185. The van der Waals surface area contributed by atoms with E-state index in [1.807, 2.05) is 7.05 Å². The summed E-state index contributed by atoms with van der Waals surface area (Å²) in [6, 6.07) is 0. The van der Waals surface area contributed by atoms with Gasteiger partial charge in [0, 0.05) is 20.1 Å². The maximum Gasteiger partial charge on any atom is 0.190 e. The Labute approximate surface area is 148 Å². The molecule has 1 rings (SSSR count). The zero-order chi connectivity index (χ0) is 14.8. The van der Waals surface area contributed by atoms with Gasteiger partial charge in [-0.2, -0.15) is 0 Å². The zero-order valence-electron chi connectivity index (χ0n) is 14.3. The second-order valence-electron chi connectivity index (χ2n) is 6.35. The van der Waals surface area contributed by atoms with Crippen LogP contribution in [-0.2, 0) is 0 Å². The lowest BCUT2D eigenvalue weighted by Crippen LogP contribution is -2.43. The van der Waals surface area contributed by atoms with Gasteiger partial charge in [-0.05, 0) is 57.2 Å². The Bertz CT molecular complexity index is 273. The Hall–Kier alpha value is -0.0400. The Morgan fingerprint density at radius 1 is 1.24 bits per heavy atom. The Balaban J connectivity index is 0.00000400. The minimum atomic E-state index is 0. The third-order valence-electron chi connectivity index (χ3n) is 4.04. The molecule has 0 aromatic rings. The van der Waals surface area contributed by atoms with Crippen LogP contribution in [0.2, 0.25) is 0 Å². The first-order chi connectivity index (χ1) is 9.65. The molecule has 1 aliphatic heterocycles. The van der Waals surface area contributed by atoms with Gasteiger partial charge in [0.25, 0.3) is 0 Å². The van der Waals surface area contributed by atoms with Gasteiger partial charge in [-0.1, -0.05) is 20.8 Å². The molecule has 0 spiro atoms. The van der Waals surface area contributed by atoms with Gasteiger partial charge in [0.15, 0.2) is 5.96 Å². The van der Waals surface area contributed by atoms with Crippen LogP contribution in [0.1, 0.15) is 46.5 Å². The molecule has 0 radical (unpaired) electrons. The van der Waals surface area contributed by atoms with E-state index in [4.69, 9.17) is 0 Å². The van der Waals surface area contributed by atoms with E-state index < -0.39 is 0 Å². The topological polar surface area (TPSA) is 39.7 Å². The summed E-state index contributed by atoms with van der Waals surface area (Å²) in [5.74, 6) is 2.50. The van der Waals surface area contributed by atoms with Gasteiger partial charge in [-0.25, -0.2) is 0 Å². The number of halogens is 1. The average molecular weight is 410 g/mol. The molecule has 1 fully saturated rings. The third kappa shape index (κ3) is 9.55. The first-order valence-electron chi connectivity index (χ1n) is 8.32. The van der Waals surface area contributed by atoms with E-state index in [2.05, 4.69) is 41.3 Å². The van der Waals surface area contributed by atoms with E-state index in [9.17, 15) is 0 Å². The number of nitrogens with one attached hydrogen (secondary N) is 2. The second-order valence-corrected chi connectivity index (χ2v) is 6.35. The Morgan fingerprint density at radius 2 is 1.90 bits per heavy atom. The number of hydrogen-bond donors (Lipinski definition) is 2. The molecule has 0 bridgehead atoms. The van der Waals surface area contributed by atoms with Gasteiger partial charge in [0.1, 0.15) is 0 Å². The van der Waals surface area contributed by atoms with Crippen molar-refractivity contribution in [3.05, 3.63) is 0 Å². The summed E-state index contributed by atoms with van der Waals surface area (Å²) in [6.07, 6.45) is 5.09. The van der Waals surface area contributed by atoms with Crippen LogP contribution in [0, 0.1) is 11.8 Å². The highest BCUT2D eigenvalue weighted by Crippen LogP contribution is 2.16. The van der Waals surface area contributed by atoms with Crippen LogP contribution in [0.15, 0.2) is 4.99 Å². The number of nitrogens with zero attached hydrogens (tertiary/aromatic N) is 2. The summed E-state index contributed by atoms with van der Waals surface area (Å²) in [7, 11) is 1.86. The molecule has 0 aromatic heterocycles. The van der Waals surface area contributed by atoms with Crippen molar-refractivity contribution in [3.63, 3.8) is 0 Å². The largest absolute Gasteiger partial charge is 0.356 e. The van der Waals surface area contributed by atoms with Gasteiger partial charge in [-0.15, -0.1) is 24.0 Å². The maximum atomic E-state index is 4.30. The number of guanidine groups is 1. The Kier molecular flexibility index (Phi) is 12.5. The molecule has 126 valence electrons. The molecule has 0 amide bonds. The van der Waals surface area contributed by atoms with Crippen LogP contribution in [-0.4, -0.2) is 50.6 Å². The summed E-state index contributed by atoms with van der Waals surface area (Å²) in [4.78, 5) is 6.89. The third-order valence-corrected chi connectivity index (χ3v) is 4.04. The van der Waals surface area contributed by atoms with E-state index in [1.54, 1.807) is 0 Å². The molecule has 4 nitrogen and oxygen atoms in total. The highest BCUT2D eigenvalue weighted by atomic mass is 127. The second kappa shape index (κ2) is 12.5. The molecule has 5 heteroatoms. The minimum Gasteiger partial charge on any atom is -0.356 e. The summed E-state index contributed by atoms with van der Waals surface area (Å²) in [5, 5.41) is 6.88. The summed E-state index contributed by atoms with van der Waals surface area (Å²) >= 11 is 0. The fourth-order valence-corrected chi connectivity index (χ4v) is 2.67. The standard InChI is InChI=1S/C16H34N4.HI/c1-5-10-20-11-7-15(8-12-20)13-19-16(17-4)18-9-6-14(2)3;/h14-15H,5-13H2,1-4H3,(H2,17,18,19);1H. The van der Waals surface area contributed by atoms with Crippen LogP contribution < -0.4 is 10.6 Å². The van der Waals surface area contributed by atoms with Crippen LogP contribution in [0.3, 0.4) is 0 Å². The van der Waals surface area contributed by atoms with Crippen molar-refractivity contribution in [2.75, 3.05) is 39.8 Å². The molecule has 1 aliphatic rings. The van der Waals surface area contributed by atoms with Crippen molar-refractivity contribution in [1.82, 2.24) is 15.5 Å². The van der Waals surface area contributed by atoms with Crippen LogP contribution >= 0.6 is 24.0 Å². The van der Waals surface area contributed by atoms with Gasteiger partial charge in [0.2, 0.25) is 0 Å². The van der Waals surface area contributed by atoms with E-state index in [0.29, 0.717) is 0 Å². The van der Waals surface area contributed by atoms with Gasteiger partial charge in [0.05, 0.1) is 0 Å². The number of rotatable bonds is 7. The van der Waals surface area contributed by atoms with Crippen LogP contribution in [0.5, 0.6) is 0 Å². The smallest absolute Gasteiger partial charge is 0.190 e. The lowest BCUT2D eigenvalue weighted by Gasteiger charge is -2.32. The minimum absolute atomic E-state index is 0. The Morgan fingerprint density at radius 3 is 2.43 bits per heavy atom. The zero-order valence-corrected chi connectivity index (χ0v) is 16.7. The van der Waals surface area contributed by atoms with E-state index in [1.165, 1.54) is 45.3 Å². The number of likely N-dealkylation sites (tertiary alicyclic amines) is 1. The van der Waals surface area contributed by atoms with E-state index in [-0.39, 0.29) is 24.0 Å². The summed E-state index contributed by atoms with van der Waals surface area (Å²) < 4.78 is 0. The highest BCUT2D eigenvalue weighted by Gasteiger charge is 2.18. The van der Waals surface area contributed by atoms with Gasteiger partial charge >= 0.3 is 0 Å². The lowest BCUT2D eigenvalue weighted by atomic mass is 9.97. The molecule has 0 atom stereocenters. The number of hydrogen-bond acceptors (Lipinski definition) is 2. The average Bonchev–Trinajstić information content (AvgIpc) is 2.44. The van der Waals surface area contributed by atoms with Gasteiger partial charge in [-0.3, -0.25) is 4.99 Å². The van der Waals surface area contributed by atoms with Crippen molar-refractivity contribution < 1.29 is 0 Å². The SMILES string of the molecule is CCCN1CCC(CNC(=NC)NCCC(C)C)CC1.I. The first kappa shape index (κ1) is 21.0. The quantitative estimate of drug-likeness (QED) is 0.385. The molecule has 1 saturated heterocycles. The fraction of sp³-hybridized carbons (Fsp3) is 0.938. The number of piperidine rings is 1. The van der Waals surface area contributed by atoms with Crippen molar-refractivity contribution in [2.45, 2.75) is 46.5 Å². The molecule has 0 aromatic carbocycles. The van der Waals surface area contributed by atoms with E-state index >= 15 is 0 Å². The summed E-state index contributed by atoms with van der Waals surface area (Å²) in [5.41, 5.74) is 0. The van der Waals surface area contributed by atoms with Crippen LogP contribution in [0.25, 0.3) is 0 Å². The van der Waals surface area contributed by atoms with Crippen LogP contribution in [0.4, 0.5) is 0 Å². The number of aliphatic imine (C=N–C) groups is 1. The molecule has 1 heterocycles. The van der Waals surface area contributed by atoms with Crippen molar-refractivity contribution in [1.29, 1.82) is 0 Å². The predicted octanol–water partition coefficient (Wildman–Crippen LogP) is 2.94. The van der Waals surface area contributed by atoms with Crippen molar-refractivity contribution >= 4 is 29.9 Å². The molecule has 0 saturated carbocycles. The fourth-order valence-electron chi connectivity index (χ4n) is 2.67. The molecule has 21 heavy (non-hydrogen) atoms. The molecular weight excluding hydrogens is 375 g/mol. The highest BCUT2D eigenvalue weighted by molar-refractivity contribution is 14.0. The van der Waals surface area contributed by atoms with Gasteiger partial charge < -0.3 is 15.5 Å². The van der Waals surface area contributed by atoms with Crippen molar-refractivity contribution in [2.24, 2.45) is 16.8 Å². The monoisotopic (exact) mass is 410 g/mol. The molecular formula is C16H35IN4. The normalized spacial score (nSPS) is 17.7. The van der Waals surface area contributed by atoms with Crippen molar-refractivity contribution in [3.8, 4) is 0 Å². The molecule has 2 N–H and O–H groups in total.